The fourth-order valence-corrected chi connectivity index (χ4v) is 3.35. The largest absolute Gasteiger partial charge is 0.493 e. The van der Waals surface area contributed by atoms with E-state index in [-0.39, 0.29) is 5.91 Å². The molecule has 156 valence electrons. The van der Waals surface area contributed by atoms with Gasteiger partial charge in [0.2, 0.25) is 0 Å². The van der Waals surface area contributed by atoms with Crippen LogP contribution in [0.25, 0.3) is 0 Å². The monoisotopic (exact) mass is 419 g/mol. The van der Waals surface area contributed by atoms with Crippen LogP contribution in [0.3, 0.4) is 0 Å². The zero-order valence-electron chi connectivity index (χ0n) is 16.7. The highest BCUT2D eigenvalue weighted by atomic mass is 35.5. The molecule has 0 aliphatic carbocycles. The molecule has 1 saturated heterocycles. The van der Waals surface area contributed by atoms with Crippen molar-refractivity contribution in [2.75, 3.05) is 46.5 Å². The van der Waals surface area contributed by atoms with Crippen LogP contribution < -0.4 is 19.7 Å². The van der Waals surface area contributed by atoms with Gasteiger partial charge in [-0.2, -0.15) is 0 Å². The Kier molecular flexibility index (Phi) is 8.16. The number of nitrogens with one attached hydrogen (secondary N) is 2. The lowest BCUT2D eigenvalue weighted by Crippen LogP contribution is -3.14. The highest BCUT2D eigenvalue weighted by molar-refractivity contribution is 6.30. The van der Waals surface area contributed by atoms with E-state index in [1.165, 1.54) is 4.90 Å². The summed E-state index contributed by atoms with van der Waals surface area (Å²) in [4.78, 5) is 14.0. The van der Waals surface area contributed by atoms with Gasteiger partial charge in [-0.05, 0) is 35.9 Å². The van der Waals surface area contributed by atoms with Gasteiger partial charge < -0.3 is 24.4 Å². The van der Waals surface area contributed by atoms with E-state index in [2.05, 4.69) is 5.32 Å². The third-order valence-electron chi connectivity index (χ3n) is 4.93. The van der Waals surface area contributed by atoms with Crippen LogP contribution in [0.2, 0.25) is 5.02 Å². The lowest BCUT2D eigenvalue weighted by molar-refractivity contribution is -0.908. The predicted molar refractivity (Wildman–Crippen MR) is 112 cm³/mol. The third-order valence-corrected chi connectivity index (χ3v) is 5.18. The molecule has 2 N–H and O–H groups in total. The Labute approximate surface area is 176 Å². The molecule has 7 heteroatoms. The molecule has 6 nitrogen and oxygen atoms in total. The Morgan fingerprint density at radius 2 is 1.90 bits per heavy atom. The molecule has 29 heavy (non-hydrogen) atoms. The first-order valence-corrected chi connectivity index (χ1v) is 10.3. The van der Waals surface area contributed by atoms with Gasteiger partial charge in [-0.25, -0.2) is 0 Å². The van der Waals surface area contributed by atoms with Gasteiger partial charge in [-0.1, -0.05) is 23.7 Å². The molecule has 0 spiro atoms. The van der Waals surface area contributed by atoms with Crippen LogP contribution in [0.1, 0.15) is 22.3 Å². The summed E-state index contributed by atoms with van der Waals surface area (Å²) in [5, 5.41) is 3.67. The van der Waals surface area contributed by atoms with Crippen molar-refractivity contribution in [1.29, 1.82) is 0 Å². The average molecular weight is 420 g/mol. The minimum absolute atomic E-state index is 0.107. The topological polar surface area (TPSA) is 61.2 Å². The molecular weight excluding hydrogens is 392 g/mol. The Bertz CT molecular complexity index is 792. The molecule has 0 atom stereocenters. The van der Waals surface area contributed by atoms with Gasteiger partial charge in [0.1, 0.15) is 19.7 Å². The van der Waals surface area contributed by atoms with Gasteiger partial charge in [0.15, 0.2) is 11.5 Å². The molecule has 0 radical (unpaired) electrons. The molecule has 1 fully saturated rings. The fraction of sp³-hybridized carbons (Fsp3) is 0.409. The molecule has 1 aliphatic heterocycles. The number of morpholine rings is 1. The number of amides is 1. The standard InChI is InChI=1S/C22H27ClN2O4/c1-27-21-15-18(22(26)24-9-2-10-25-11-13-28-14-12-25)5-8-20(21)29-16-17-3-6-19(23)7-4-17/h3-8,15H,2,9-14,16H2,1H3,(H,24,26)/p+1. The minimum Gasteiger partial charge on any atom is -0.493 e. The highest BCUT2D eigenvalue weighted by Crippen LogP contribution is 2.29. The second-order valence-corrected chi connectivity index (χ2v) is 7.44. The Hall–Kier alpha value is -2.28. The summed E-state index contributed by atoms with van der Waals surface area (Å²) < 4.78 is 16.6. The van der Waals surface area contributed by atoms with E-state index in [9.17, 15) is 4.79 Å². The van der Waals surface area contributed by atoms with Crippen molar-refractivity contribution in [1.82, 2.24) is 5.32 Å². The van der Waals surface area contributed by atoms with Crippen molar-refractivity contribution in [2.45, 2.75) is 13.0 Å². The maximum absolute atomic E-state index is 12.4. The van der Waals surface area contributed by atoms with Crippen LogP contribution in [-0.2, 0) is 11.3 Å². The smallest absolute Gasteiger partial charge is 0.251 e. The van der Waals surface area contributed by atoms with Gasteiger partial charge in [0.25, 0.3) is 5.91 Å². The van der Waals surface area contributed by atoms with E-state index in [1.807, 2.05) is 24.3 Å². The van der Waals surface area contributed by atoms with Gasteiger partial charge in [0.05, 0.1) is 26.9 Å². The van der Waals surface area contributed by atoms with Gasteiger partial charge in [-0.15, -0.1) is 0 Å². The van der Waals surface area contributed by atoms with Crippen LogP contribution in [0.5, 0.6) is 11.5 Å². The number of hydrogen-bond donors (Lipinski definition) is 2. The second kappa shape index (κ2) is 11.0. The SMILES string of the molecule is COc1cc(C(=O)NCCC[NH+]2CCOCC2)ccc1OCc1ccc(Cl)cc1. The molecule has 3 rings (SSSR count). The Balaban J connectivity index is 1.49. The molecule has 2 aromatic rings. The van der Waals surface area contributed by atoms with Crippen LogP contribution >= 0.6 is 11.6 Å². The van der Waals surface area contributed by atoms with Crippen molar-refractivity contribution in [3.63, 3.8) is 0 Å². The maximum atomic E-state index is 12.4. The summed E-state index contributed by atoms with van der Waals surface area (Å²) in [6, 6.07) is 12.7. The highest BCUT2D eigenvalue weighted by Gasteiger charge is 2.14. The number of rotatable bonds is 9. The molecule has 0 saturated carbocycles. The molecular formula is C22H28ClN2O4+. The summed E-state index contributed by atoms with van der Waals surface area (Å²) in [5.41, 5.74) is 1.56. The minimum atomic E-state index is -0.107. The quantitative estimate of drug-likeness (QED) is 0.610. The molecule has 2 aromatic carbocycles. The molecule has 0 unspecified atom stereocenters. The van der Waals surface area contributed by atoms with E-state index < -0.39 is 0 Å². The van der Waals surface area contributed by atoms with Crippen molar-refractivity contribution < 1.29 is 23.9 Å². The number of halogens is 1. The van der Waals surface area contributed by atoms with E-state index in [0.29, 0.717) is 35.2 Å². The first kappa shape index (κ1) is 21.4. The maximum Gasteiger partial charge on any atom is 0.251 e. The van der Waals surface area contributed by atoms with E-state index in [4.69, 9.17) is 25.8 Å². The first-order valence-electron chi connectivity index (χ1n) is 9.90. The van der Waals surface area contributed by atoms with Crippen LogP contribution in [0.15, 0.2) is 42.5 Å². The summed E-state index contributed by atoms with van der Waals surface area (Å²) >= 11 is 5.90. The Morgan fingerprint density at radius 1 is 1.14 bits per heavy atom. The predicted octanol–water partition coefficient (Wildman–Crippen LogP) is 1.96. The molecule has 0 aromatic heterocycles. The first-order chi connectivity index (χ1) is 14.2. The van der Waals surface area contributed by atoms with Crippen molar-refractivity contribution in [3.05, 3.63) is 58.6 Å². The summed E-state index contributed by atoms with van der Waals surface area (Å²) in [6.07, 6.45) is 0.945. The third kappa shape index (κ3) is 6.63. The van der Waals surface area contributed by atoms with Crippen molar-refractivity contribution in [3.8, 4) is 11.5 Å². The lowest BCUT2D eigenvalue weighted by atomic mass is 10.2. The number of hydrogen-bond acceptors (Lipinski definition) is 4. The van der Waals surface area contributed by atoms with E-state index in [0.717, 1.165) is 44.8 Å². The normalized spacial score (nSPS) is 14.4. The number of carbonyl (C=O) groups is 1. The Morgan fingerprint density at radius 3 is 2.62 bits per heavy atom. The molecule has 1 aliphatic rings. The van der Waals surface area contributed by atoms with E-state index in [1.54, 1.807) is 25.3 Å². The summed E-state index contributed by atoms with van der Waals surface area (Å²) in [5.74, 6) is 1.02. The van der Waals surface area contributed by atoms with Gasteiger partial charge in [0, 0.05) is 23.6 Å². The van der Waals surface area contributed by atoms with E-state index >= 15 is 0 Å². The zero-order chi connectivity index (χ0) is 20.5. The zero-order valence-corrected chi connectivity index (χ0v) is 17.5. The number of quaternary nitrogens is 1. The van der Waals surface area contributed by atoms with Crippen molar-refractivity contribution >= 4 is 17.5 Å². The number of benzene rings is 2. The molecule has 1 heterocycles. The van der Waals surface area contributed by atoms with Crippen LogP contribution in [0, 0.1) is 0 Å². The van der Waals surface area contributed by atoms with Crippen LogP contribution in [0.4, 0.5) is 0 Å². The molecule has 1 amide bonds. The van der Waals surface area contributed by atoms with Gasteiger partial charge >= 0.3 is 0 Å². The number of methoxy groups -OCH3 is 1. The summed E-state index contributed by atoms with van der Waals surface area (Å²) in [6.45, 7) is 5.83. The fourth-order valence-electron chi connectivity index (χ4n) is 3.22. The number of ether oxygens (including phenoxy) is 3. The van der Waals surface area contributed by atoms with Crippen molar-refractivity contribution in [2.24, 2.45) is 0 Å². The summed E-state index contributed by atoms with van der Waals surface area (Å²) in [7, 11) is 1.57. The lowest BCUT2D eigenvalue weighted by Gasteiger charge is -2.23. The van der Waals surface area contributed by atoms with Gasteiger partial charge in [-0.3, -0.25) is 4.79 Å². The number of carbonyl (C=O) groups excluding carboxylic acids is 1. The average Bonchev–Trinajstić information content (AvgIpc) is 2.77. The second-order valence-electron chi connectivity index (χ2n) is 7.00. The molecule has 0 bridgehead atoms. The van der Waals surface area contributed by atoms with Crippen LogP contribution in [-0.4, -0.2) is 52.4 Å².